The van der Waals surface area contributed by atoms with E-state index in [4.69, 9.17) is 0 Å². The summed E-state index contributed by atoms with van der Waals surface area (Å²) in [6, 6.07) is 40.4. The Morgan fingerprint density at radius 2 is 1.05 bits per heavy atom. The number of benzene rings is 4. The molecule has 41 heavy (non-hydrogen) atoms. The van der Waals surface area contributed by atoms with Gasteiger partial charge in [-0.3, -0.25) is 6.08 Å². The van der Waals surface area contributed by atoms with Gasteiger partial charge < -0.3 is 0 Å². The molecule has 0 amide bonds. The van der Waals surface area contributed by atoms with E-state index in [2.05, 4.69) is 169 Å². The Bertz CT molecular complexity index is 1500. The summed E-state index contributed by atoms with van der Waals surface area (Å²) in [4.78, 5) is 0. The van der Waals surface area contributed by atoms with Crippen LogP contribution in [0.25, 0.3) is 21.5 Å². The van der Waals surface area contributed by atoms with Gasteiger partial charge in [-0.2, -0.15) is 11.6 Å². The first-order valence-corrected chi connectivity index (χ1v) is 16.1. The van der Waals surface area contributed by atoms with E-state index in [0.29, 0.717) is 23.7 Å². The summed E-state index contributed by atoms with van der Waals surface area (Å²) in [6.07, 6.45) is 6.07. The molecule has 0 aliphatic heterocycles. The molecule has 1 heteroatoms. The SMILES string of the molecule is CC(C)C1=[C-]C(C(C)C)C=C1C(C)C.[Zr+2]=[C](c1ccccc1)c1ccccc1.c1ccc2c(c1)[cH-]c1ccccc12. The van der Waals surface area contributed by atoms with Crippen molar-refractivity contribution in [1.29, 1.82) is 0 Å². The monoisotopic (exact) mass is 612 g/mol. The van der Waals surface area contributed by atoms with Gasteiger partial charge >= 0.3 is 99.2 Å². The molecule has 6 rings (SSSR count). The Balaban J connectivity index is 0.000000142. The van der Waals surface area contributed by atoms with Crippen molar-refractivity contribution in [1.82, 2.24) is 0 Å². The van der Waals surface area contributed by atoms with Gasteiger partial charge in [0, 0.05) is 0 Å². The third-order valence-corrected chi connectivity index (χ3v) is 8.98. The molecule has 0 spiro atoms. The smallest absolute Gasteiger partial charge is 0.0771 e. The number of allylic oxidation sites excluding steroid dienone is 4. The van der Waals surface area contributed by atoms with E-state index in [9.17, 15) is 0 Å². The summed E-state index contributed by atoms with van der Waals surface area (Å²) in [5, 5.41) is 5.39. The van der Waals surface area contributed by atoms with Crippen molar-refractivity contribution in [3.05, 3.63) is 150 Å². The van der Waals surface area contributed by atoms with Gasteiger partial charge in [-0.05, 0) is 0 Å². The topological polar surface area (TPSA) is 0 Å². The van der Waals surface area contributed by atoms with Gasteiger partial charge in [0.25, 0.3) is 0 Å². The van der Waals surface area contributed by atoms with Crippen LogP contribution < -0.4 is 0 Å². The maximum Gasteiger partial charge on any atom is -0.0771 e. The third-order valence-electron chi connectivity index (χ3n) is 7.56. The molecule has 0 aromatic heterocycles. The molecular weight excluding hydrogens is 572 g/mol. The summed E-state index contributed by atoms with van der Waals surface area (Å²) in [7, 11) is 0. The molecule has 1 atom stereocenters. The van der Waals surface area contributed by atoms with Gasteiger partial charge in [-0.25, -0.2) is 5.57 Å². The van der Waals surface area contributed by atoms with Crippen LogP contribution in [-0.2, 0) is 24.2 Å². The van der Waals surface area contributed by atoms with Crippen LogP contribution in [0.4, 0.5) is 0 Å². The Morgan fingerprint density at radius 3 is 1.44 bits per heavy atom. The first kappa shape index (κ1) is 30.9. The van der Waals surface area contributed by atoms with E-state index in [1.54, 1.807) is 0 Å². The zero-order valence-corrected chi connectivity index (χ0v) is 27.8. The van der Waals surface area contributed by atoms with Crippen LogP contribution in [0.1, 0.15) is 52.7 Å². The Kier molecular flexibility index (Phi) is 11.1. The van der Waals surface area contributed by atoms with Gasteiger partial charge in [0.15, 0.2) is 0 Å². The predicted octanol–water partition coefficient (Wildman–Crippen LogP) is 10.8. The van der Waals surface area contributed by atoms with Crippen molar-refractivity contribution in [2.75, 3.05) is 0 Å². The molecule has 5 aromatic rings. The van der Waals surface area contributed by atoms with Gasteiger partial charge in [0.05, 0.1) is 0 Å². The standard InChI is InChI=1S/C14H23.C13H9.C13H10.Zr/c1-9(2)12-7-13(10(3)4)14(8-12)11(5)6;1-3-7-12-10(5-1)9-11-6-2-4-8-13(11)12;1-3-7-12(8-4-1)11-13-9-5-2-6-10-13;/h7,9-12H,1-6H3;1-9H;1-10H;/q2*-1;;+2. The van der Waals surface area contributed by atoms with Crippen molar-refractivity contribution < 1.29 is 24.2 Å². The number of fused-ring (bicyclic) bond motifs is 3. The van der Waals surface area contributed by atoms with Crippen LogP contribution in [0.5, 0.6) is 0 Å². The van der Waals surface area contributed by atoms with Gasteiger partial charge in [0.2, 0.25) is 0 Å². The van der Waals surface area contributed by atoms with Gasteiger partial charge in [0.1, 0.15) is 0 Å². The predicted molar refractivity (Wildman–Crippen MR) is 176 cm³/mol. The van der Waals surface area contributed by atoms with Crippen molar-refractivity contribution in [3.63, 3.8) is 0 Å². The largest absolute Gasteiger partial charge is 0.126 e. The first-order valence-electron chi connectivity index (χ1n) is 14.8. The maximum absolute atomic E-state index is 3.65. The molecule has 0 radical (unpaired) electrons. The average Bonchev–Trinajstić information content (AvgIpc) is 3.62. The molecule has 1 aliphatic carbocycles. The second-order valence-corrected chi connectivity index (χ2v) is 12.9. The number of hydrogen-bond donors (Lipinski definition) is 0. The second kappa shape index (κ2) is 14.7. The third kappa shape index (κ3) is 8.05. The Morgan fingerprint density at radius 1 is 0.610 bits per heavy atom. The molecule has 0 saturated carbocycles. The molecule has 0 fully saturated rings. The van der Waals surface area contributed by atoms with Crippen LogP contribution >= 0.6 is 0 Å². The molecule has 1 unspecified atom stereocenters. The fraction of sp³-hybridized carbons (Fsp3) is 0.250. The van der Waals surface area contributed by atoms with E-state index in [1.165, 1.54) is 71.3 Å². The summed E-state index contributed by atoms with van der Waals surface area (Å²) in [6.45, 7) is 13.6. The minimum atomic E-state index is 0.546. The Labute approximate surface area is 262 Å². The van der Waals surface area contributed by atoms with Gasteiger partial charge in [-0.15, -0.1) is 39.7 Å². The van der Waals surface area contributed by atoms with Crippen molar-refractivity contribution in [3.8, 4) is 0 Å². The van der Waals surface area contributed by atoms with Crippen LogP contribution in [0.2, 0.25) is 0 Å². The van der Waals surface area contributed by atoms with Crippen molar-refractivity contribution >= 4 is 24.8 Å². The molecule has 0 heterocycles. The fourth-order valence-corrected chi connectivity index (χ4v) is 6.05. The van der Waals surface area contributed by atoms with E-state index in [-0.39, 0.29) is 0 Å². The maximum atomic E-state index is 3.65. The summed E-state index contributed by atoms with van der Waals surface area (Å²) < 4.78 is 1.42. The quantitative estimate of drug-likeness (QED) is 0.173. The van der Waals surface area contributed by atoms with Crippen LogP contribution in [-0.4, -0.2) is 3.21 Å². The first-order chi connectivity index (χ1) is 19.8. The molecule has 0 nitrogen and oxygen atoms in total. The minimum absolute atomic E-state index is 0.546. The van der Waals surface area contributed by atoms with E-state index >= 15 is 0 Å². The van der Waals surface area contributed by atoms with Crippen LogP contribution in [0, 0.1) is 29.7 Å². The number of hydrogen-bond acceptors (Lipinski definition) is 0. The van der Waals surface area contributed by atoms with E-state index < -0.39 is 0 Å². The van der Waals surface area contributed by atoms with Crippen molar-refractivity contribution in [2.24, 2.45) is 23.7 Å². The molecule has 206 valence electrons. The molecule has 0 saturated heterocycles. The summed E-state index contributed by atoms with van der Waals surface area (Å²) in [5.74, 6) is 2.49. The summed E-state index contributed by atoms with van der Waals surface area (Å²) >= 11 is 1.46. The molecule has 1 aliphatic rings. The average molecular weight is 614 g/mol. The zero-order valence-electron chi connectivity index (χ0n) is 25.4. The van der Waals surface area contributed by atoms with Crippen LogP contribution in [0.15, 0.2) is 132 Å². The summed E-state index contributed by atoms with van der Waals surface area (Å²) in [5.41, 5.74) is 5.64. The van der Waals surface area contributed by atoms with Crippen molar-refractivity contribution in [2.45, 2.75) is 41.5 Å². The van der Waals surface area contributed by atoms with Gasteiger partial charge in [-0.1, -0.05) is 102 Å². The molecule has 0 N–H and O–H groups in total. The van der Waals surface area contributed by atoms with E-state index in [0.717, 1.165) is 0 Å². The number of rotatable bonds is 5. The zero-order chi connectivity index (χ0) is 29.4. The Hall–Kier alpha value is -3.02. The minimum Gasteiger partial charge on any atom is -0.126 e. The van der Waals surface area contributed by atoms with E-state index in [1.807, 2.05) is 0 Å². The molecule has 5 aromatic carbocycles. The fourth-order valence-electron chi connectivity index (χ4n) is 5.23. The molecule has 0 bridgehead atoms. The second-order valence-electron chi connectivity index (χ2n) is 11.7. The normalized spacial score (nSPS) is 14.5. The molecular formula is C40H42Zr. The van der Waals surface area contributed by atoms with Crippen LogP contribution in [0.3, 0.4) is 0 Å².